The Morgan fingerprint density at radius 1 is 1.00 bits per heavy atom. The molecular formula is C28H21Cl2N3O2S2. The van der Waals surface area contributed by atoms with Crippen LogP contribution in [0.1, 0.15) is 5.56 Å². The van der Waals surface area contributed by atoms with Gasteiger partial charge in [-0.1, -0.05) is 41.4 Å². The first-order valence-electron chi connectivity index (χ1n) is 11.3. The summed E-state index contributed by atoms with van der Waals surface area (Å²) in [5.74, 6) is 0.319. The number of hydrogen-bond donors (Lipinski definition) is 3. The molecule has 0 spiro atoms. The Hall–Kier alpha value is -3.23. The summed E-state index contributed by atoms with van der Waals surface area (Å²) < 4.78 is 6.75. The molecule has 186 valence electrons. The maximum absolute atomic E-state index is 12.7. The number of amides is 1. The highest BCUT2D eigenvalue weighted by Gasteiger charge is 2.15. The number of fused-ring (bicyclic) bond motifs is 1. The Balaban J connectivity index is 1.33. The van der Waals surface area contributed by atoms with Gasteiger partial charge in [0.1, 0.15) is 10.8 Å². The Morgan fingerprint density at radius 2 is 1.78 bits per heavy atom. The second-order valence-electron chi connectivity index (χ2n) is 8.25. The lowest BCUT2D eigenvalue weighted by Gasteiger charge is -2.17. The summed E-state index contributed by atoms with van der Waals surface area (Å²) in [6, 6.07) is 24.5. The largest absolute Gasteiger partial charge is 0.483 e. The number of halogens is 2. The van der Waals surface area contributed by atoms with Crippen molar-refractivity contribution >= 4 is 80.4 Å². The number of ether oxygens (including phenoxy) is 1. The van der Waals surface area contributed by atoms with Gasteiger partial charge in [-0.2, -0.15) is 0 Å². The summed E-state index contributed by atoms with van der Waals surface area (Å²) in [4.78, 5) is 18.0. The van der Waals surface area contributed by atoms with Crippen molar-refractivity contribution < 1.29 is 9.53 Å². The van der Waals surface area contributed by atoms with Crippen LogP contribution in [0.15, 0.2) is 83.8 Å². The van der Waals surface area contributed by atoms with Gasteiger partial charge in [0, 0.05) is 21.2 Å². The van der Waals surface area contributed by atoms with Crippen molar-refractivity contribution in [1.29, 1.82) is 0 Å². The van der Waals surface area contributed by atoms with Crippen LogP contribution in [0.2, 0.25) is 10.0 Å². The molecule has 0 bridgehead atoms. The number of benzene rings is 4. The van der Waals surface area contributed by atoms with Crippen molar-refractivity contribution in [2.75, 3.05) is 17.2 Å². The summed E-state index contributed by atoms with van der Waals surface area (Å²) in [6.07, 6.45) is 0. The monoisotopic (exact) mass is 565 g/mol. The van der Waals surface area contributed by atoms with Crippen LogP contribution >= 0.6 is 47.2 Å². The number of carbonyl (C=O) groups is 1. The molecule has 5 nitrogen and oxygen atoms in total. The van der Waals surface area contributed by atoms with Crippen LogP contribution in [-0.4, -0.2) is 17.5 Å². The maximum atomic E-state index is 12.7. The lowest BCUT2D eigenvalue weighted by Crippen LogP contribution is -2.21. The molecule has 5 aromatic rings. The number of nitrogens with one attached hydrogen (secondary N) is 2. The number of nitrogens with zero attached hydrogens (tertiary/aromatic N) is 1. The number of thiol groups is 1. The van der Waals surface area contributed by atoms with Crippen molar-refractivity contribution in [2.45, 2.75) is 11.8 Å². The van der Waals surface area contributed by atoms with Crippen molar-refractivity contribution in [3.63, 3.8) is 0 Å². The van der Waals surface area contributed by atoms with E-state index < -0.39 is 0 Å². The summed E-state index contributed by atoms with van der Waals surface area (Å²) in [6.45, 7) is 1.77. The first kappa shape index (κ1) is 25.4. The molecule has 9 heteroatoms. The molecule has 0 aliphatic carbocycles. The van der Waals surface area contributed by atoms with Gasteiger partial charge in [0.2, 0.25) is 0 Å². The molecule has 0 saturated heterocycles. The number of aromatic nitrogens is 1. The Bertz CT molecular complexity index is 1600. The minimum atomic E-state index is -0.335. The van der Waals surface area contributed by atoms with E-state index >= 15 is 0 Å². The first-order valence-corrected chi connectivity index (χ1v) is 13.3. The number of anilines is 3. The molecule has 0 aliphatic heterocycles. The zero-order valence-corrected chi connectivity index (χ0v) is 22.8. The van der Waals surface area contributed by atoms with Crippen molar-refractivity contribution in [3.05, 3.63) is 94.5 Å². The molecule has 0 fully saturated rings. The molecule has 0 radical (unpaired) electrons. The third kappa shape index (κ3) is 5.86. The van der Waals surface area contributed by atoms with Crippen molar-refractivity contribution in [3.8, 4) is 16.3 Å². The second kappa shape index (κ2) is 11.0. The predicted octanol–water partition coefficient (Wildman–Crippen LogP) is 8.63. The number of rotatable bonds is 7. The number of thiazole rings is 1. The van der Waals surface area contributed by atoms with Gasteiger partial charge in [0.25, 0.3) is 5.91 Å². The number of hydrogen-bond acceptors (Lipinski definition) is 6. The summed E-state index contributed by atoms with van der Waals surface area (Å²) in [7, 11) is 0. The molecular weight excluding hydrogens is 545 g/mol. The SMILES string of the molecule is Cc1ccccc1OCC(=O)Nc1c(Cl)ccc(S)c1Nc1ccc(-c2nc3cc(Cl)ccc3s2)cc1. The number of aryl methyl sites for hydroxylation is 1. The fraction of sp³-hybridized carbons (Fsp3) is 0.0714. The van der Waals surface area contributed by atoms with Gasteiger partial charge >= 0.3 is 0 Å². The molecule has 0 aliphatic rings. The highest BCUT2D eigenvalue weighted by Crippen LogP contribution is 2.38. The summed E-state index contributed by atoms with van der Waals surface area (Å²) in [5, 5.41) is 8.15. The zero-order valence-electron chi connectivity index (χ0n) is 19.6. The average molecular weight is 567 g/mol. The predicted molar refractivity (Wildman–Crippen MR) is 157 cm³/mol. The standard InChI is InChI=1S/C28H21Cl2N3O2S2/c1-16-4-2-3-5-22(16)35-15-25(34)33-26-20(30)11-12-23(36)27(26)31-19-9-6-17(7-10-19)28-32-21-14-18(29)8-13-24(21)37-28/h2-14,31,36H,15H2,1H3,(H,33,34). The molecule has 0 atom stereocenters. The van der Waals surface area contributed by atoms with Gasteiger partial charge < -0.3 is 15.4 Å². The van der Waals surface area contributed by atoms with E-state index in [0.717, 1.165) is 32.0 Å². The van der Waals surface area contributed by atoms with Crippen LogP contribution in [0.4, 0.5) is 17.1 Å². The third-order valence-electron chi connectivity index (χ3n) is 5.60. The van der Waals surface area contributed by atoms with Crippen LogP contribution in [0, 0.1) is 6.92 Å². The van der Waals surface area contributed by atoms with Crippen LogP contribution in [0.3, 0.4) is 0 Å². The molecule has 0 saturated carbocycles. The number of carbonyl (C=O) groups excluding carboxylic acids is 1. The fourth-order valence-electron chi connectivity index (χ4n) is 3.72. The van der Waals surface area contributed by atoms with Gasteiger partial charge in [-0.25, -0.2) is 4.98 Å². The number of para-hydroxylation sites is 1. The van der Waals surface area contributed by atoms with Crippen molar-refractivity contribution in [2.24, 2.45) is 0 Å². The van der Waals surface area contributed by atoms with E-state index in [1.54, 1.807) is 23.5 Å². The zero-order chi connectivity index (χ0) is 25.9. The smallest absolute Gasteiger partial charge is 0.262 e. The van der Waals surface area contributed by atoms with Crippen molar-refractivity contribution in [1.82, 2.24) is 4.98 Å². The topological polar surface area (TPSA) is 63.2 Å². The Morgan fingerprint density at radius 3 is 2.57 bits per heavy atom. The molecule has 0 unspecified atom stereocenters. The van der Waals surface area contributed by atoms with Gasteiger partial charge in [-0.3, -0.25) is 4.79 Å². The molecule has 5 rings (SSSR count). The van der Waals surface area contributed by atoms with Gasteiger partial charge in [-0.15, -0.1) is 24.0 Å². The molecule has 1 amide bonds. The highest BCUT2D eigenvalue weighted by atomic mass is 35.5. The minimum absolute atomic E-state index is 0.153. The van der Waals surface area contributed by atoms with Gasteiger partial charge in [0.15, 0.2) is 6.61 Å². The quantitative estimate of drug-likeness (QED) is 0.173. The maximum Gasteiger partial charge on any atom is 0.262 e. The third-order valence-corrected chi connectivity index (χ3v) is 7.61. The van der Waals surface area contributed by atoms with E-state index in [-0.39, 0.29) is 12.5 Å². The van der Waals surface area contributed by atoms with Crippen LogP contribution in [-0.2, 0) is 4.79 Å². The minimum Gasteiger partial charge on any atom is -0.483 e. The van der Waals surface area contributed by atoms with Crippen LogP contribution < -0.4 is 15.4 Å². The molecule has 1 heterocycles. The lowest BCUT2D eigenvalue weighted by atomic mass is 10.2. The van der Waals surface area contributed by atoms with Gasteiger partial charge in [0.05, 0.1) is 26.6 Å². The summed E-state index contributed by atoms with van der Waals surface area (Å²) in [5.41, 5.74) is 4.63. The van der Waals surface area contributed by atoms with E-state index in [1.165, 1.54) is 0 Å². The normalized spacial score (nSPS) is 10.9. The first-order chi connectivity index (χ1) is 17.9. The highest BCUT2D eigenvalue weighted by molar-refractivity contribution is 7.80. The molecule has 4 aromatic carbocycles. The van der Waals surface area contributed by atoms with Crippen LogP contribution in [0.25, 0.3) is 20.8 Å². The van der Waals surface area contributed by atoms with Crippen LogP contribution in [0.5, 0.6) is 5.75 Å². The van der Waals surface area contributed by atoms with E-state index in [4.69, 9.17) is 32.9 Å². The van der Waals surface area contributed by atoms with E-state index in [1.807, 2.05) is 73.7 Å². The fourth-order valence-corrected chi connectivity index (χ4v) is 5.28. The molecule has 37 heavy (non-hydrogen) atoms. The average Bonchev–Trinajstić information content (AvgIpc) is 3.31. The van der Waals surface area contributed by atoms with E-state index in [0.29, 0.717) is 32.1 Å². The van der Waals surface area contributed by atoms with E-state index in [9.17, 15) is 4.79 Å². The van der Waals surface area contributed by atoms with Gasteiger partial charge in [-0.05, 0) is 73.2 Å². The Kier molecular flexibility index (Phi) is 7.58. The Labute approximate surface area is 233 Å². The molecule has 1 aromatic heterocycles. The summed E-state index contributed by atoms with van der Waals surface area (Å²) >= 11 is 18.8. The second-order valence-corrected chi connectivity index (χ2v) is 10.6. The lowest BCUT2D eigenvalue weighted by molar-refractivity contribution is -0.118. The van der Waals surface area contributed by atoms with E-state index in [2.05, 4.69) is 23.3 Å². The molecule has 2 N–H and O–H groups in total.